The highest BCUT2D eigenvalue weighted by Crippen LogP contribution is 2.14. The van der Waals surface area contributed by atoms with Crippen LogP contribution < -0.4 is 5.32 Å². The van der Waals surface area contributed by atoms with Gasteiger partial charge in [-0.2, -0.15) is 28.4 Å². The second-order valence-electron chi connectivity index (χ2n) is 4.13. The lowest BCUT2D eigenvalue weighted by Gasteiger charge is -2.05. The highest BCUT2D eigenvalue weighted by molar-refractivity contribution is 7.98. The number of carbonyl (C=O) groups excluding carboxylic acids is 1. The number of thiophene rings is 1. The Morgan fingerprint density at radius 1 is 1.40 bits per heavy atom. The van der Waals surface area contributed by atoms with E-state index in [4.69, 9.17) is 5.26 Å². The number of hydrogen-bond acceptors (Lipinski definition) is 4. The number of nitrogens with one attached hydrogen (secondary N) is 1. The predicted molar refractivity (Wildman–Crippen MR) is 84.0 cm³/mol. The number of benzene rings is 1. The molecule has 0 spiro atoms. The second-order valence-corrected chi connectivity index (χ2v) is 6.02. The van der Waals surface area contributed by atoms with E-state index in [0.29, 0.717) is 17.7 Å². The van der Waals surface area contributed by atoms with E-state index in [1.54, 1.807) is 47.4 Å². The molecule has 1 N–H and O–H groups in total. The Hall–Kier alpha value is -1.77. The number of hydrogen-bond donors (Lipinski definition) is 1. The average Bonchev–Trinajstić information content (AvgIpc) is 3.00. The monoisotopic (exact) mass is 302 g/mol. The van der Waals surface area contributed by atoms with Crippen LogP contribution in [0.2, 0.25) is 0 Å². The molecular formula is C15H14N2OS2. The minimum atomic E-state index is -0.127. The molecule has 0 saturated carbocycles. The number of amides is 1. The average molecular weight is 302 g/mol. The van der Waals surface area contributed by atoms with Crippen molar-refractivity contribution in [2.45, 2.75) is 5.75 Å². The molecule has 1 aromatic carbocycles. The van der Waals surface area contributed by atoms with Gasteiger partial charge in [0.15, 0.2) is 0 Å². The molecule has 0 aliphatic rings. The van der Waals surface area contributed by atoms with Crippen molar-refractivity contribution in [1.29, 1.82) is 5.26 Å². The molecule has 20 heavy (non-hydrogen) atoms. The molecule has 5 heteroatoms. The summed E-state index contributed by atoms with van der Waals surface area (Å²) in [7, 11) is 0. The van der Waals surface area contributed by atoms with Gasteiger partial charge in [0.2, 0.25) is 0 Å². The number of rotatable bonds is 6. The lowest BCUT2D eigenvalue weighted by molar-refractivity contribution is 0.0956. The van der Waals surface area contributed by atoms with Crippen LogP contribution in [0, 0.1) is 11.3 Å². The first-order valence-corrected chi connectivity index (χ1v) is 8.26. The van der Waals surface area contributed by atoms with E-state index >= 15 is 0 Å². The van der Waals surface area contributed by atoms with Crippen LogP contribution in [0.1, 0.15) is 21.5 Å². The summed E-state index contributed by atoms with van der Waals surface area (Å²) in [5.74, 6) is 1.72. The SMILES string of the molecule is N#Cc1cccc(C(=O)NCCSCc2ccsc2)c1. The van der Waals surface area contributed by atoms with Gasteiger partial charge in [0, 0.05) is 23.6 Å². The maximum atomic E-state index is 11.9. The third kappa shape index (κ3) is 4.41. The molecule has 0 atom stereocenters. The quantitative estimate of drug-likeness (QED) is 0.833. The summed E-state index contributed by atoms with van der Waals surface area (Å²) in [6, 6.07) is 10.9. The molecule has 0 bridgehead atoms. The Kier molecular flexibility index (Phi) is 5.66. The summed E-state index contributed by atoms with van der Waals surface area (Å²) < 4.78 is 0. The van der Waals surface area contributed by atoms with E-state index in [9.17, 15) is 4.79 Å². The number of carbonyl (C=O) groups is 1. The van der Waals surface area contributed by atoms with Crippen molar-refractivity contribution in [3.8, 4) is 6.07 Å². The van der Waals surface area contributed by atoms with Gasteiger partial charge >= 0.3 is 0 Å². The summed E-state index contributed by atoms with van der Waals surface area (Å²) in [5.41, 5.74) is 2.37. The molecular weight excluding hydrogens is 288 g/mol. The van der Waals surface area contributed by atoms with E-state index in [-0.39, 0.29) is 5.91 Å². The van der Waals surface area contributed by atoms with Gasteiger partial charge < -0.3 is 5.32 Å². The molecule has 3 nitrogen and oxygen atoms in total. The zero-order valence-electron chi connectivity index (χ0n) is 10.8. The fraction of sp³-hybridized carbons (Fsp3) is 0.200. The fourth-order valence-corrected chi connectivity index (χ4v) is 3.21. The lowest BCUT2D eigenvalue weighted by atomic mass is 10.1. The smallest absolute Gasteiger partial charge is 0.251 e. The second kappa shape index (κ2) is 7.73. The van der Waals surface area contributed by atoms with Crippen LogP contribution in [-0.2, 0) is 5.75 Å². The van der Waals surface area contributed by atoms with Gasteiger partial charge in [-0.3, -0.25) is 4.79 Å². The van der Waals surface area contributed by atoms with Crippen molar-refractivity contribution in [2.24, 2.45) is 0 Å². The number of nitriles is 1. The summed E-state index contributed by atoms with van der Waals surface area (Å²) in [6.45, 7) is 0.629. The molecule has 0 aliphatic heterocycles. The Bertz CT molecular complexity index is 603. The lowest BCUT2D eigenvalue weighted by Crippen LogP contribution is -2.25. The molecule has 1 amide bonds. The highest BCUT2D eigenvalue weighted by atomic mass is 32.2. The van der Waals surface area contributed by atoms with Crippen molar-refractivity contribution in [1.82, 2.24) is 5.32 Å². The van der Waals surface area contributed by atoms with Gasteiger partial charge in [-0.15, -0.1) is 0 Å². The maximum absolute atomic E-state index is 11.9. The zero-order valence-corrected chi connectivity index (χ0v) is 12.5. The first kappa shape index (κ1) is 14.6. The molecule has 0 radical (unpaired) electrons. The topological polar surface area (TPSA) is 52.9 Å². The molecule has 2 aromatic rings. The first-order chi connectivity index (χ1) is 9.79. The van der Waals surface area contributed by atoms with E-state index < -0.39 is 0 Å². The first-order valence-electron chi connectivity index (χ1n) is 6.17. The highest BCUT2D eigenvalue weighted by Gasteiger charge is 2.05. The minimum Gasteiger partial charge on any atom is -0.351 e. The van der Waals surface area contributed by atoms with Crippen molar-refractivity contribution < 1.29 is 4.79 Å². The standard InChI is InChI=1S/C15H14N2OS2/c16-9-12-2-1-3-14(8-12)15(18)17-5-7-20-11-13-4-6-19-10-13/h1-4,6,8,10H,5,7,11H2,(H,17,18). The minimum absolute atomic E-state index is 0.127. The Morgan fingerprint density at radius 3 is 3.05 bits per heavy atom. The Morgan fingerprint density at radius 2 is 2.30 bits per heavy atom. The predicted octanol–water partition coefficient (Wildman–Crippen LogP) is 3.28. The third-order valence-corrected chi connectivity index (χ3v) is 4.40. The van der Waals surface area contributed by atoms with Crippen molar-refractivity contribution in [3.05, 3.63) is 57.8 Å². The molecule has 0 unspecified atom stereocenters. The Labute approximate surface area is 126 Å². The molecule has 1 aromatic heterocycles. The third-order valence-electron chi connectivity index (χ3n) is 2.63. The number of thioether (sulfide) groups is 1. The normalized spacial score (nSPS) is 9.95. The van der Waals surface area contributed by atoms with E-state index in [1.807, 2.05) is 6.07 Å². The molecule has 0 aliphatic carbocycles. The number of nitrogens with zero attached hydrogens (tertiary/aromatic N) is 1. The van der Waals surface area contributed by atoms with Crippen LogP contribution in [-0.4, -0.2) is 18.2 Å². The van der Waals surface area contributed by atoms with E-state index in [2.05, 4.69) is 22.1 Å². The molecule has 2 rings (SSSR count). The maximum Gasteiger partial charge on any atom is 0.251 e. The van der Waals surface area contributed by atoms with Gasteiger partial charge in [-0.1, -0.05) is 6.07 Å². The van der Waals surface area contributed by atoms with Gasteiger partial charge in [0.1, 0.15) is 0 Å². The van der Waals surface area contributed by atoms with Crippen molar-refractivity contribution in [2.75, 3.05) is 12.3 Å². The van der Waals surface area contributed by atoms with E-state index in [1.165, 1.54) is 5.56 Å². The van der Waals surface area contributed by atoms with E-state index in [0.717, 1.165) is 11.5 Å². The van der Waals surface area contributed by atoms with Crippen LogP contribution in [0.5, 0.6) is 0 Å². The Balaban J connectivity index is 1.71. The van der Waals surface area contributed by atoms with Gasteiger partial charge in [-0.25, -0.2) is 0 Å². The van der Waals surface area contributed by atoms with Crippen LogP contribution in [0.15, 0.2) is 41.1 Å². The fourth-order valence-electron chi connectivity index (χ4n) is 1.63. The van der Waals surface area contributed by atoms with Gasteiger partial charge in [-0.05, 0) is 40.6 Å². The van der Waals surface area contributed by atoms with Crippen LogP contribution in [0.4, 0.5) is 0 Å². The molecule has 1 heterocycles. The zero-order chi connectivity index (χ0) is 14.2. The summed E-state index contributed by atoms with van der Waals surface area (Å²) in [5, 5.41) is 15.9. The van der Waals surface area contributed by atoms with Crippen molar-refractivity contribution >= 4 is 29.0 Å². The molecule has 0 fully saturated rings. The van der Waals surface area contributed by atoms with Crippen LogP contribution in [0.25, 0.3) is 0 Å². The summed E-state index contributed by atoms with van der Waals surface area (Å²) in [4.78, 5) is 11.9. The van der Waals surface area contributed by atoms with Gasteiger partial charge in [0.25, 0.3) is 5.91 Å². The van der Waals surface area contributed by atoms with Crippen LogP contribution in [0.3, 0.4) is 0 Å². The molecule has 0 saturated heterocycles. The summed E-state index contributed by atoms with van der Waals surface area (Å²) >= 11 is 3.50. The largest absolute Gasteiger partial charge is 0.351 e. The van der Waals surface area contributed by atoms with Gasteiger partial charge in [0.05, 0.1) is 11.6 Å². The van der Waals surface area contributed by atoms with Crippen LogP contribution >= 0.6 is 23.1 Å². The summed E-state index contributed by atoms with van der Waals surface area (Å²) in [6.07, 6.45) is 0. The van der Waals surface area contributed by atoms with Crippen molar-refractivity contribution in [3.63, 3.8) is 0 Å². The molecule has 102 valence electrons.